The van der Waals surface area contributed by atoms with Gasteiger partial charge in [0.2, 0.25) is 24.0 Å². The molecule has 1 aromatic carbocycles. The van der Waals surface area contributed by atoms with Crippen LogP contribution in [0.3, 0.4) is 0 Å². The molecule has 5 amide bonds. The third kappa shape index (κ3) is 10.6. The molecule has 0 spiro atoms. The number of nitrogens with zero attached hydrogens (tertiary/aromatic N) is 1. The third-order valence-electron chi connectivity index (χ3n) is 6.23. The summed E-state index contributed by atoms with van der Waals surface area (Å²) in [4.78, 5) is 82.4. The van der Waals surface area contributed by atoms with Crippen LogP contribution < -0.4 is 20.7 Å². The summed E-state index contributed by atoms with van der Waals surface area (Å²) in [5.41, 5.74) is 0.779. The Morgan fingerprint density at radius 3 is 2.48 bits per heavy atom. The summed E-state index contributed by atoms with van der Waals surface area (Å²) < 4.78 is 15.8. The quantitative estimate of drug-likeness (QED) is 0.0863. The first-order valence-corrected chi connectivity index (χ1v) is 13.5. The monoisotopic (exact) mass is 616 g/mol. The third-order valence-corrected chi connectivity index (χ3v) is 6.23. The lowest BCUT2D eigenvalue weighted by Crippen LogP contribution is -2.42. The van der Waals surface area contributed by atoms with Gasteiger partial charge in [0.25, 0.3) is 18.3 Å². The highest BCUT2D eigenvalue weighted by molar-refractivity contribution is 6.13. The second-order valence-corrected chi connectivity index (χ2v) is 9.56. The molecule has 1 saturated heterocycles. The van der Waals surface area contributed by atoms with E-state index in [9.17, 15) is 43.8 Å². The Hall–Kier alpha value is -5.09. The van der Waals surface area contributed by atoms with E-state index in [-0.39, 0.29) is 63.4 Å². The fraction of sp³-hybridized carbons (Fsp3) is 0.393. The van der Waals surface area contributed by atoms with Crippen LogP contribution in [0.2, 0.25) is 0 Å². The Labute approximate surface area is 251 Å². The van der Waals surface area contributed by atoms with E-state index in [1.54, 1.807) is 24.3 Å². The first-order chi connectivity index (χ1) is 21.0. The Balaban J connectivity index is 1.51. The smallest absolute Gasteiger partial charge is 0.333 e. The molecule has 2 aliphatic rings. The molecule has 2 heterocycles. The summed E-state index contributed by atoms with van der Waals surface area (Å²) in [7, 11) is 0. The predicted molar refractivity (Wildman–Crippen MR) is 149 cm³/mol. The van der Waals surface area contributed by atoms with Crippen LogP contribution in [0.1, 0.15) is 31.2 Å². The Kier molecular flexibility index (Phi) is 12.5. The minimum absolute atomic E-state index is 0.00383. The number of benzene rings is 1. The summed E-state index contributed by atoms with van der Waals surface area (Å²) in [6, 6.07) is 4.68. The summed E-state index contributed by atoms with van der Waals surface area (Å²) in [6.45, 7) is -0.280. The van der Waals surface area contributed by atoms with Gasteiger partial charge in [-0.3, -0.25) is 33.7 Å². The van der Waals surface area contributed by atoms with Crippen LogP contribution in [-0.2, 0) is 43.0 Å². The van der Waals surface area contributed by atoms with Crippen LogP contribution in [0.15, 0.2) is 36.4 Å². The number of amides is 5. The van der Waals surface area contributed by atoms with Crippen molar-refractivity contribution in [3.8, 4) is 5.75 Å². The zero-order valence-electron chi connectivity index (χ0n) is 23.4. The normalized spacial score (nSPS) is 19.5. The highest BCUT2D eigenvalue weighted by atomic mass is 16.7. The number of hydrogen-bond donors (Lipinski definition) is 5. The number of anilines is 1. The van der Waals surface area contributed by atoms with Gasteiger partial charge in [-0.15, -0.1) is 0 Å². The van der Waals surface area contributed by atoms with Gasteiger partial charge in [-0.25, -0.2) is 4.79 Å². The highest BCUT2D eigenvalue weighted by Gasteiger charge is 2.34. The van der Waals surface area contributed by atoms with Gasteiger partial charge in [-0.2, -0.15) is 0 Å². The number of nitrogens with one attached hydrogen (secondary N) is 3. The van der Waals surface area contributed by atoms with Crippen molar-refractivity contribution in [1.82, 2.24) is 15.5 Å². The zero-order chi connectivity index (χ0) is 32.1. The summed E-state index contributed by atoms with van der Waals surface area (Å²) in [5.74, 6) is -3.80. The average Bonchev–Trinajstić information content (AvgIpc) is 3.30. The maximum atomic E-state index is 12.7. The molecule has 0 radical (unpaired) electrons. The fourth-order valence-corrected chi connectivity index (χ4v) is 4.09. The molecule has 16 nitrogen and oxygen atoms in total. The number of carboxylic acids is 1. The topological polar surface area (TPSA) is 227 Å². The molecule has 236 valence electrons. The average molecular weight is 617 g/mol. The second kappa shape index (κ2) is 16.5. The standard InChI is InChI=1S/C28H32N4O12/c33-16-42-11-1-2-17-3-4-20(43-27-14-18(34)13-21(44-27)28(40)41)19(12-17)31-23(36)7-9-29-24(37)15-30-22(35)8-10-32-25(38)5-6-26(32)39/h1-6,12,16,18,21,27,34H,7-11,13-15H2,(H,29,37)(H,30,35)(H,31,36)(H,40,41)/b2-1+. The molecule has 3 rings (SSSR count). The van der Waals surface area contributed by atoms with Crippen LogP contribution in [-0.4, -0.2) is 102 Å². The van der Waals surface area contributed by atoms with Crippen LogP contribution in [0.5, 0.6) is 5.75 Å². The minimum atomic E-state index is -1.27. The number of rotatable bonds is 16. The number of hydrogen-bond acceptors (Lipinski definition) is 11. The van der Waals surface area contributed by atoms with Gasteiger partial charge in [-0.05, 0) is 23.8 Å². The molecule has 3 unspecified atom stereocenters. The van der Waals surface area contributed by atoms with Crippen molar-refractivity contribution in [2.75, 3.05) is 31.6 Å². The van der Waals surface area contributed by atoms with Crippen molar-refractivity contribution < 1.29 is 58.0 Å². The number of carbonyl (C=O) groups is 7. The lowest BCUT2D eigenvalue weighted by atomic mass is 10.1. The number of carboxylic acid groups (broad SMARTS) is 1. The minimum Gasteiger partial charge on any atom is -0.479 e. The fourth-order valence-electron chi connectivity index (χ4n) is 4.09. The predicted octanol–water partition coefficient (Wildman–Crippen LogP) is -0.922. The van der Waals surface area contributed by atoms with Crippen molar-refractivity contribution in [3.05, 3.63) is 42.0 Å². The van der Waals surface area contributed by atoms with E-state index in [4.69, 9.17) is 9.47 Å². The number of imide groups is 1. The van der Waals surface area contributed by atoms with E-state index in [2.05, 4.69) is 20.7 Å². The van der Waals surface area contributed by atoms with E-state index in [0.717, 1.165) is 17.1 Å². The van der Waals surface area contributed by atoms with Gasteiger partial charge in [0.15, 0.2) is 6.10 Å². The molecular weight excluding hydrogens is 584 g/mol. The van der Waals surface area contributed by atoms with Gasteiger partial charge in [0.05, 0.1) is 18.3 Å². The van der Waals surface area contributed by atoms with Gasteiger partial charge >= 0.3 is 5.97 Å². The van der Waals surface area contributed by atoms with E-state index in [1.807, 2.05) is 0 Å². The molecule has 1 aromatic rings. The van der Waals surface area contributed by atoms with Gasteiger partial charge in [0.1, 0.15) is 12.4 Å². The Morgan fingerprint density at radius 1 is 1.02 bits per heavy atom. The number of carbonyl (C=O) groups excluding carboxylic acids is 6. The van der Waals surface area contributed by atoms with E-state index in [0.29, 0.717) is 12.0 Å². The lowest BCUT2D eigenvalue weighted by Gasteiger charge is -2.31. The molecule has 0 aromatic heterocycles. The largest absolute Gasteiger partial charge is 0.479 e. The molecule has 1 fully saturated rings. The first-order valence-electron chi connectivity index (χ1n) is 13.5. The number of aliphatic hydroxyl groups excluding tert-OH is 1. The number of aliphatic carboxylic acids is 1. The highest BCUT2D eigenvalue weighted by Crippen LogP contribution is 2.31. The molecule has 0 saturated carbocycles. The molecule has 3 atom stereocenters. The van der Waals surface area contributed by atoms with Crippen LogP contribution in [0.4, 0.5) is 5.69 Å². The van der Waals surface area contributed by atoms with Crippen LogP contribution in [0.25, 0.3) is 6.08 Å². The molecule has 16 heteroatoms. The van der Waals surface area contributed by atoms with Crippen molar-refractivity contribution in [3.63, 3.8) is 0 Å². The molecule has 0 bridgehead atoms. The van der Waals surface area contributed by atoms with Gasteiger partial charge < -0.3 is 40.4 Å². The van der Waals surface area contributed by atoms with Crippen molar-refractivity contribution in [2.24, 2.45) is 0 Å². The van der Waals surface area contributed by atoms with Crippen molar-refractivity contribution in [1.29, 1.82) is 0 Å². The Morgan fingerprint density at radius 2 is 1.77 bits per heavy atom. The van der Waals surface area contributed by atoms with E-state index < -0.39 is 54.0 Å². The van der Waals surface area contributed by atoms with Crippen molar-refractivity contribution in [2.45, 2.75) is 44.2 Å². The zero-order valence-corrected chi connectivity index (χ0v) is 23.4. The first kappa shape index (κ1) is 33.4. The second-order valence-electron chi connectivity index (χ2n) is 9.56. The van der Waals surface area contributed by atoms with Crippen LogP contribution >= 0.6 is 0 Å². The van der Waals surface area contributed by atoms with Crippen molar-refractivity contribution >= 4 is 53.7 Å². The van der Waals surface area contributed by atoms with Gasteiger partial charge in [0, 0.05) is 50.9 Å². The van der Waals surface area contributed by atoms with E-state index >= 15 is 0 Å². The molecule has 5 N–H and O–H groups in total. The number of ether oxygens (including phenoxy) is 3. The molecular formula is C28H32N4O12. The summed E-state index contributed by atoms with van der Waals surface area (Å²) in [6.07, 6.45) is 1.58. The molecule has 0 aliphatic carbocycles. The summed E-state index contributed by atoms with van der Waals surface area (Å²) >= 11 is 0. The SMILES string of the molecule is O=COC/C=C/c1ccc(OC2CC(O)CC(C(=O)O)O2)c(NC(=O)CCNC(=O)CNC(=O)CCN2C(=O)C=CC2=O)c1. The maximum absolute atomic E-state index is 12.7. The summed E-state index contributed by atoms with van der Waals surface area (Å²) in [5, 5.41) is 26.8. The molecule has 44 heavy (non-hydrogen) atoms. The molecule has 2 aliphatic heterocycles. The van der Waals surface area contributed by atoms with Crippen LogP contribution in [0, 0.1) is 0 Å². The number of aliphatic hydroxyl groups is 1. The van der Waals surface area contributed by atoms with Gasteiger partial charge in [-0.1, -0.05) is 12.1 Å². The lowest BCUT2D eigenvalue weighted by molar-refractivity contribution is -0.195. The maximum Gasteiger partial charge on any atom is 0.333 e. The Bertz CT molecular complexity index is 1310. The van der Waals surface area contributed by atoms with E-state index in [1.165, 1.54) is 6.07 Å².